The lowest BCUT2D eigenvalue weighted by molar-refractivity contribution is -0.138. The number of benzene rings is 1. The van der Waals surface area contributed by atoms with Gasteiger partial charge in [0.15, 0.2) is 5.57 Å². The van der Waals surface area contributed by atoms with E-state index in [4.69, 9.17) is 14.7 Å². The third-order valence-electron chi connectivity index (χ3n) is 2.51. The number of methoxy groups -OCH3 is 1. The van der Waals surface area contributed by atoms with E-state index in [9.17, 15) is 9.59 Å². The van der Waals surface area contributed by atoms with E-state index in [0.29, 0.717) is 17.1 Å². The summed E-state index contributed by atoms with van der Waals surface area (Å²) in [4.78, 5) is 22.6. The Hall–Kier alpha value is -3.01. The molecule has 0 aliphatic carbocycles. The zero-order chi connectivity index (χ0) is 16.5. The van der Waals surface area contributed by atoms with Gasteiger partial charge >= 0.3 is 5.97 Å². The van der Waals surface area contributed by atoms with E-state index in [-0.39, 0.29) is 18.1 Å². The minimum Gasteiger partial charge on any atom is -0.495 e. The molecule has 2 N–H and O–H groups in total. The number of amides is 1. The van der Waals surface area contributed by atoms with Gasteiger partial charge in [-0.25, -0.2) is 4.79 Å². The molecule has 1 aromatic rings. The van der Waals surface area contributed by atoms with Crippen molar-refractivity contribution in [3.8, 4) is 11.8 Å². The molecule has 0 aromatic heterocycles. The van der Waals surface area contributed by atoms with Crippen LogP contribution in [0.3, 0.4) is 0 Å². The number of carbonyl (C=O) groups is 2. The van der Waals surface area contributed by atoms with Gasteiger partial charge in [0.05, 0.1) is 19.4 Å². The minimum atomic E-state index is -0.701. The highest BCUT2D eigenvalue weighted by molar-refractivity contribution is 5.93. The number of nitrogens with zero attached hydrogens (tertiary/aromatic N) is 1. The number of rotatable bonds is 6. The highest BCUT2D eigenvalue weighted by atomic mass is 16.5. The van der Waals surface area contributed by atoms with Crippen LogP contribution in [0.25, 0.3) is 0 Å². The predicted molar refractivity (Wildman–Crippen MR) is 81.2 cm³/mol. The second-order valence-electron chi connectivity index (χ2n) is 4.13. The van der Waals surface area contributed by atoms with Crippen LogP contribution in [0.4, 0.5) is 11.4 Å². The van der Waals surface area contributed by atoms with Crippen molar-refractivity contribution in [3.05, 3.63) is 30.0 Å². The number of nitrogens with one attached hydrogen (secondary N) is 2. The van der Waals surface area contributed by atoms with Gasteiger partial charge < -0.3 is 20.1 Å². The summed E-state index contributed by atoms with van der Waals surface area (Å²) < 4.78 is 9.88. The van der Waals surface area contributed by atoms with Crippen LogP contribution < -0.4 is 15.4 Å². The van der Waals surface area contributed by atoms with Gasteiger partial charge in [0.2, 0.25) is 5.91 Å². The Morgan fingerprint density at radius 2 is 2.14 bits per heavy atom. The Balaban J connectivity index is 2.96. The number of carbonyl (C=O) groups excluding carboxylic acids is 2. The molecule has 0 aliphatic heterocycles. The number of hydrogen-bond acceptors (Lipinski definition) is 6. The average molecular weight is 303 g/mol. The van der Waals surface area contributed by atoms with Crippen LogP contribution in [0.2, 0.25) is 0 Å². The molecule has 1 rings (SSSR count). The molecule has 0 spiro atoms. The van der Waals surface area contributed by atoms with Crippen LogP contribution in [-0.2, 0) is 14.3 Å². The quantitative estimate of drug-likeness (QED) is 0.474. The maximum atomic E-state index is 11.5. The third-order valence-corrected chi connectivity index (χ3v) is 2.51. The van der Waals surface area contributed by atoms with Gasteiger partial charge in [-0.05, 0) is 25.1 Å². The first-order valence-corrected chi connectivity index (χ1v) is 6.51. The molecule has 1 amide bonds. The standard InChI is InChI=1S/C15H17N3O4/c1-4-22-15(20)11(8-16)9-17-12-5-6-14(21-3)13(7-12)18-10(2)19/h5-7,9,17H,4H2,1-3H3,(H,18,19)/b11-9-. The van der Waals surface area contributed by atoms with Crippen LogP contribution in [0.5, 0.6) is 5.75 Å². The maximum absolute atomic E-state index is 11.5. The molecule has 0 heterocycles. The van der Waals surface area contributed by atoms with Crippen molar-refractivity contribution in [3.63, 3.8) is 0 Å². The monoisotopic (exact) mass is 303 g/mol. The fraction of sp³-hybridized carbons (Fsp3) is 0.267. The maximum Gasteiger partial charge on any atom is 0.350 e. The van der Waals surface area contributed by atoms with Gasteiger partial charge in [0, 0.05) is 18.8 Å². The van der Waals surface area contributed by atoms with Crippen molar-refractivity contribution < 1.29 is 19.1 Å². The minimum absolute atomic E-state index is 0.154. The van der Waals surface area contributed by atoms with Crippen molar-refractivity contribution in [1.82, 2.24) is 0 Å². The lowest BCUT2D eigenvalue weighted by Gasteiger charge is -2.11. The molecule has 0 fully saturated rings. The first kappa shape index (κ1) is 17.0. The van der Waals surface area contributed by atoms with Crippen molar-refractivity contribution >= 4 is 23.3 Å². The average Bonchev–Trinajstić information content (AvgIpc) is 2.48. The molecule has 0 saturated heterocycles. The largest absolute Gasteiger partial charge is 0.495 e. The molecule has 0 bridgehead atoms. The Kier molecular flexibility index (Phi) is 6.44. The van der Waals surface area contributed by atoms with Gasteiger partial charge in [0.1, 0.15) is 11.8 Å². The molecule has 7 nitrogen and oxygen atoms in total. The van der Waals surface area contributed by atoms with Crippen LogP contribution in [0.15, 0.2) is 30.0 Å². The third kappa shape index (κ3) is 4.83. The zero-order valence-electron chi connectivity index (χ0n) is 12.6. The summed E-state index contributed by atoms with van der Waals surface area (Å²) in [6.07, 6.45) is 1.25. The van der Waals surface area contributed by atoms with Crippen LogP contribution in [-0.4, -0.2) is 25.6 Å². The van der Waals surface area contributed by atoms with E-state index in [1.807, 2.05) is 0 Å². The molecule has 1 aromatic carbocycles. The Morgan fingerprint density at radius 3 is 2.68 bits per heavy atom. The zero-order valence-corrected chi connectivity index (χ0v) is 12.6. The van der Waals surface area contributed by atoms with E-state index >= 15 is 0 Å². The molecular weight excluding hydrogens is 286 g/mol. The molecular formula is C15H17N3O4. The van der Waals surface area contributed by atoms with Crippen molar-refractivity contribution in [1.29, 1.82) is 5.26 Å². The first-order valence-electron chi connectivity index (χ1n) is 6.51. The highest BCUT2D eigenvalue weighted by Crippen LogP contribution is 2.27. The molecule has 7 heteroatoms. The van der Waals surface area contributed by atoms with Gasteiger partial charge in [-0.1, -0.05) is 0 Å². The Morgan fingerprint density at radius 1 is 1.41 bits per heavy atom. The lowest BCUT2D eigenvalue weighted by Crippen LogP contribution is -2.09. The normalized spacial score (nSPS) is 10.4. The molecule has 0 atom stereocenters. The molecule has 22 heavy (non-hydrogen) atoms. The highest BCUT2D eigenvalue weighted by Gasteiger charge is 2.10. The Labute approximate surface area is 128 Å². The van der Waals surface area contributed by atoms with E-state index in [2.05, 4.69) is 10.6 Å². The number of anilines is 2. The second kappa shape index (κ2) is 8.32. The summed E-state index contributed by atoms with van der Waals surface area (Å²) in [5.41, 5.74) is 0.892. The number of esters is 1. The smallest absolute Gasteiger partial charge is 0.350 e. The van der Waals surface area contributed by atoms with Gasteiger partial charge in [-0.2, -0.15) is 5.26 Å². The van der Waals surface area contributed by atoms with E-state index in [1.165, 1.54) is 20.2 Å². The SMILES string of the molecule is CCOC(=O)/C(C#N)=C\Nc1ccc(OC)c(NC(C)=O)c1. The fourth-order valence-corrected chi connectivity index (χ4v) is 1.59. The summed E-state index contributed by atoms with van der Waals surface area (Å²) in [5.74, 6) is -0.445. The predicted octanol–water partition coefficient (Wildman–Crippen LogP) is 2.04. The molecule has 0 radical (unpaired) electrons. The van der Waals surface area contributed by atoms with Crippen molar-refractivity contribution in [2.24, 2.45) is 0 Å². The van der Waals surface area contributed by atoms with Crippen LogP contribution in [0.1, 0.15) is 13.8 Å². The summed E-state index contributed by atoms with van der Waals surface area (Å²) in [7, 11) is 1.49. The summed E-state index contributed by atoms with van der Waals surface area (Å²) in [6, 6.07) is 6.71. The summed E-state index contributed by atoms with van der Waals surface area (Å²) in [6.45, 7) is 3.23. The van der Waals surface area contributed by atoms with Crippen LogP contribution >= 0.6 is 0 Å². The first-order chi connectivity index (χ1) is 10.5. The molecule has 0 aliphatic rings. The van der Waals surface area contributed by atoms with Crippen LogP contribution in [0, 0.1) is 11.3 Å². The molecule has 116 valence electrons. The van der Waals surface area contributed by atoms with Crippen molar-refractivity contribution in [2.45, 2.75) is 13.8 Å². The van der Waals surface area contributed by atoms with E-state index in [1.54, 1.807) is 31.2 Å². The van der Waals surface area contributed by atoms with E-state index < -0.39 is 5.97 Å². The Bertz CT molecular complexity index is 632. The lowest BCUT2D eigenvalue weighted by atomic mass is 10.2. The summed E-state index contributed by atoms with van der Waals surface area (Å²) >= 11 is 0. The van der Waals surface area contributed by atoms with Gasteiger partial charge in [-0.15, -0.1) is 0 Å². The number of hydrogen-bond donors (Lipinski definition) is 2. The van der Waals surface area contributed by atoms with Gasteiger partial charge in [-0.3, -0.25) is 4.79 Å². The number of ether oxygens (including phenoxy) is 2. The van der Waals surface area contributed by atoms with E-state index in [0.717, 1.165) is 0 Å². The van der Waals surface area contributed by atoms with Gasteiger partial charge in [0.25, 0.3) is 0 Å². The topological polar surface area (TPSA) is 100 Å². The summed E-state index contributed by atoms with van der Waals surface area (Å²) in [5, 5.41) is 14.4. The molecule has 0 saturated carbocycles. The molecule has 0 unspecified atom stereocenters. The fourth-order valence-electron chi connectivity index (χ4n) is 1.59. The second-order valence-corrected chi connectivity index (χ2v) is 4.13. The number of nitriles is 1. The van der Waals surface area contributed by atoms with Crippen molar-refractivity contribution in [2.75, 3.05) is 24.4 Å².